The Balaban J connectivity index is 1.24. The average Bonchev–Trinajstić information content (AvgIpc) is 3.34. The predicted molar refractivity (Wildman–Crippen MR) is 161 cm³/mol. The molecule has 0 bridgehead atoms. The van der Waals surface area contributed by atoms with Crippen LogP contribution in [0, 0.1) is 40.4 Å². The van der Waals surface area contributed by atoms with E-state index in [9.17, 15) is 4.79 Å². The van der Waals surface area contributed by atoms with Crippen LogP contribution in [0.15, 0.2) is 11.6 Å². The number of ketones is 1. The van der Waals surface area contributed by atoms with E-state index < -0.39 is 14.1 Å². The Hall–Kier alpha value is -0.493. The van der Waals surface area contributed by atoms with Crippen molar-refractivity contribution in [3.8, 4) is 0 Å². The van der Waals surface area contributed by atoms with E-state index in [2.05, 4.69) is 54.6 Å². The van der Waals surface area contributed by atoms with Crippen molar-refractivity contribution in [3.05, 3.63) is 11.6 Å². The van der Waals surface area contributed by atoms with E-state index >= 15 is 0 Å². The van der Waals surface area contributed by atoms with Gasteiger partial charge in [-0.15, -0.1) is 0 Å². The molecule has 222 valence electrons. The molecule has 39 heavy (non-hydrogen) atoms. The predicted octanol–water partition coefficient (Wildman–Crippen LogP) is 8.70. The van der Waals surface area contributed by atoms with Gasteiger partial charge in [0, 0.05) is 12.5 Å². The summed E-state index contributed by atoms with van der Waals surface area (Å²) >= 11 is 0. The molecule has 1 unspecified atom stereocenters. The molecule has 0 aromatic rings. The Morgan fingerprint density at radius 1 is 1.00 bits per heavy atom. The highest BCUT2D eigenvalue weighted by atomic mass is 28.4. The van der Waals surface area contributed by atoms with Gasteiger partial charge in [0.25, 0.3) is 0 Å². The van der Waals surface area contributed by atoms with Crippen LogP contribution in [-0.2, 0) is 18.7 Å². The molecule has 0 aromatic heterocycles. The highest BCUT2D eigenvalue weighted by Gasteiger charge is 2.63. The fraction of sp³-hybridized carbons (Fsp3) is 0.912. The van der Waals surface area contributed by atoms with Gasteiger partial charge in [0.05, 0.1) is 6.10 Å². The number of hydrogen-bond donors (Lipinski definition) is 0. The first kappa shape index (κ1) is 30.0. The molecule has 0 spiro atoms. The van der Waals surface area contributed by atoms with Crippen LogP contribution in [-0.4, -0.2) is 38.7 Å². The van der Waals surface area contributed by atoms with Crippen molar-refractivity contribution in [2.45, 2.75) is 149 Å². The largest absolute Gasteiger partial charge is 0.417 e. The fourth-order valence-electron chi connectivity index (χ4n) is 9.66. The molecular formula is C34H58O4Si. The minimum absolute atomic E-state index is 0.0473. The Bertz CT molecular complexity index is 978. The number of hydrogen-bond acceptors (Lipinski definition) is 4. The van der Waals surface area contributed by atoms with Crippen molar-refractivity contribution in [2.75, 3.05) is 6.61 Å². The lowest BCUT2D eigenvalue weighted by Gasteiger charge is -2.58. The summed E-state index contributed by atoms with van der Waals surface area (Å²) in [6.07, 6.45) is 12.9. The molecule has 5 heteroatoms. The van der Waals surface area contributed by atoms with Gasteiger partial charge in [-0.3, -0.25) is 4.79 Å². The molecular weight excluding hydrogens is 500 g/mol. The number of unbranched alkanes of at least 4 members (excludes halogenated alkanes) is 1. The summed E-state index contributed by atoms with van der Waals surface area (Å²) in [5.74, 6) is 2.47. The smallest absolute Gasteiger partial charge is 0.191 e. The van der Waals surface area contributed by atoms with E-state index in [1.165, 1.54) is 50.5 Å². The molecule has 3 saturated carbocycles. The van der Waals surface area contributed by atoms with Crippen LogP contribution >= 0.6 is 0 Å². The van der Waals surface area contributed by atoms with Crippen LogP contribution in [0.2, 0.25) is 18.1 Å². The van der Waals surface area contributed by atoms with Gasteiger partial charge in [-0.1, -0.05) is 54.4 Å². The molecule has 1 saturated heterocycles. The highest BCUT2D eigenvalue weighted by molar-refractivity contribution is 6.74. The number of ether oxygens (including phenoxy) is 2. The van der Waals surface area contributed by atoms with E-state index in [4.69, 9.17) is 13.9 Å². The van der Waals surface area contributed by atoms with E-state index in [0.29, 0.717) is 29.0 Å². The third kappa shape index (κ3) is 5.08. The molecule has 0 radical (unpaired) electrons. The van der Waals surface area contributed by atoms with Crippen molar-refractivity contribution in [2.24, 2.45) is 40.4 Å². The molecule has 1 aliphatic heterocycles. The molecule has 4 nitrogen and oxygen atoms in total. The number of carbonyl (C=O) groups excluding carboxylic acids is 1. The Labute approximate surface area is 240 Å². The monoisotopic (exact) mass is 558 g/mol. The maximum absolute atomic E-state index is 13.9. The average molecular weight is 559 g/mol. The SMILES string of the molecule is C[C@H](CCCCO[Si](C)(C)C(C)(C)C)[C@H]1CC[C@H]2[C@@H]3C(=O)C=C4C5OC(C)(C)O[C@H]5CC[C@]4(C)[C@H]3CC[C@]12C. The molecule has 0 aromatic carbocycles. The van der Waals surface area contributed by atoms with Gasteiger partial charge < -0.3 is 13.9 Å². The van der Waals surface area contributed by atoms with E-state index in [0.717, 1.165) is 25.4 Å². The summed E-state index contributed by atoms with van der Waals surface area (Å²) < 4.78 is 19.1. The van der Waals surface area contributed by atoms with Crippen LogP contribution in [0.4, 0.5) is 0 Å². The molecule has 4 fully saturated rings. The zero-order valence-corrected chi connectivity index (χ0v) is 27.8. The second kappa shape index (κ2) is 10.1. The summed E-state index contributed by atoms with van der Waals surface area (Å²) in [5.41, 5.74) is 1.61. The zero-order chi connectivity index (χ0) is 28.6. The van der Waals surface area contributed by atoms with E-state index in [-0.39, 0.29) is 28.6 Å². The Morgan fingerprint density at radius 3 is 2.41 bits per heavy atom. The molecule has 5 rings (SSSR count). The maximum Gasteiger partial charge on any atom is 0.191 e. The van der Waals surface area contributed by atoms with Gasteiger partial charge in [-0.05, 0) is 123 Å². The Morgan fingerprint density at radius 2 is 1.72 bits per heavy atom. The Kier molecular flexibility index (Phi) is 7.73. The normalized spacial score (nSPS) is 42.3. The lowest BCUT2D eigenvalue weighted by atomic mass is 9.46. The first-order valence-corrected chi connectivity index (χ1v) is 19.2. The third-order valence-electron chi connectivity index (χ3n) is 12.9. The molecule has 5 aliphatic rings. The van der Waals surface area contributed by atoms with Crippen molar-refractivity contribution >= 4 is 14.1 Å². The van der Waals surface area contributed by atoms with Crippen molar-refractivity contribution in [1.29, 1.82) is 0 Å². The number of rotatable bonds is 7. The molecule has 1 heterocycles. The first-order valence-electron chi connectivity index (χ1n) is 16.3. The molecule has 4 aliphatic carbocycles. The fourth-order valence-corrected chi connectivity index (χ4v) is 10.7. The minimum atomic E-state index is -1.65. The first-order chi connectivity index (χ1) is 18.0. The summed E-state index contributed by atoms with van der Waals surface area (Å²) in [7, 11) is -1.65. The van der Waals surface area contributed by atoms with Gasteiger partial charge >= 0.3 is 0 Å². The van der Waals surface area contributed by atoms with Gasteiger partial charge in [-0.2, -0.15) is 0 Å². The molecule has 9 atom stereocenters. The molecule has 0 amide bonds. The molecule has 0 N–H and O–H groups in total. The van der Waals surface area contributed by atoms with E-state index in [1.807, 2.05) is 19.9 Å². The van der Waals surface area contributed by atoms with Crippen molar-refractivity contribution in [1.82, 2.24) is 0 Å². The summed E-state index contributed by atoms with van der Waals surface area (Å²) in [6, 6.07) is 0. The quantitative estimate of drug-likeness (QED) is 0.231. The number of fused-ring (bicyclic) bond motifs is 7. The van der Waals surface area contributed by atoms with Gasteiger partial charge in [0.2, 0.25) is 0 Å². The van der Waals surface area contributed by atoms with Gasteiger partial charge in [-0.25, -0.2) is 0 Å². The number of carbonyl (C=O) groups is 1. The van der Waals surface area contributed by atoms with Crippen molar-refractivity contribution < 1.29 is 18.7 Å². The minimum Gasteiger partial charge on any atom is -0.417 e. The van der Waals surface area contributed by atoms with Crippen LogP contribution in [0.25, 0.3) is 0 Å². The second-order valence-corrected chi connectivity index (χ2v) is 21.4. The van der Waals surface area contributed by atoms with Gasteiger partial charge in [0.1, 0.15) is 6.10 Å². The van der Waals surface area contributed by atoms with Crippen LogP contribution in [0.1, 0.15) is 113 Å². The highest BCUT2D eigenvalue weighted by Crippen LogP contribution is 2.67. The number of allylic oxidation sites excluding steroid dienone is 1. The maximum atomic E-state index is 13.9. The van der Waals surface area contributed by atoms with Gasteiger partial charge in [0.15, 0.2) is 19.9 Å². The van der Waals surface area contributed by atoms with Crippen LogP contribution in [0.3, 0.4) is 0 Å². The lowest BCUT2D eigenvalue weighted by molar-refractivity contribution is -0.144. The second-order valence-electron chi connectivity index (χ2n) is 16.6. The lowest BCUT2D eigenvalue weighted by Crippen LogP contribution is -2.56. The summed E-state index contributed by atoms with van der Waals surface area (Å²) in [4.78, 5) is 13.9. The van der Waals surface area contributed by atoms with E-state index in [1.54, 1.807) is 0 Å². The summed E-state index contributed by atoms with van der Waals surface area (Å²) in [6.45, 7) is 24.2. The topological polar surface area (TPSA) is 44.8 Å². The van der Waals surface area contributed by atoms with Crippen LogP contribution < -0.4 is 0 Å². The standard InChI is InChI=1S/C34H58O4Si/c1-22(13-11-12-20-36-39(9,10)31(2,3)4)23-14-15-24-29-25(16-18-33(23,24)7)34(8)19-17-28-30(26(34)21-27(29)35)38-32(5,6)37-28/h21-25,28-30H,11-20H2,1-10H3/t22-,23-,24+,25+,28+,29+,30?,33-,34-/m1/s1. The third-order valence-corrected chi connectivity index (χ3v) is 17.4. The van der Waals surface area contributed by atoms with Crippen molar-refractivity contribution in [3.63, 3.8) is 0 Å². The zero-order valence-electron chi connectivity index (χ0n) is 26.8. The summed E-state index contributed by atoms with van der Waals surface area (Å²) in [5, 5.41) is 0.282. The van der Waals surface area contributed by atoms with Crippen LogP contribution in [0.5, 0.6) is 0 Å².